The Hall–Kier alpha value is -1.55. The fourth-order valence-electron chi connectivity index (χ4n) is 8.91. The Morgan fingerprint density at radius 1 is 1.06 bits per heavy atom. The molecule has 1 aromatic carbocycles. The molecule has 4 heteroatoms. The summed E-state index contributed by atoms with van der Waals surface area (Å²) in [4.78, 5) is 17.4. The van der Waals surface area contributed by atoms with Crippen molar-refractivity contribution in [1.29, 1.82) is 0 Å². The Kier molecular flexibility index (Phi) is 6.16. The summed E-state index contributed by atoms with van der Waals surface area (Å²) in [5.41, 5.74) is 3.48. The Labute approximate surface area is 206 Å². The first-order valence-electron chi connectivity index (χ1n) is 14.3. The number of aryl methyl sites for hydroxylation is 1. The molecule has 0 N–H and O–H groups in total. The van der Waals surface area contributed by atoms with Crippen molar-refractivity contribution in [2.75, 3.05) is 26.2 Å². The van der Waals surface area contributed by atoms with Gasteiger partial charge in [0.15, 0.2) is 0 Å². The lowest BCUT2D eigenvalue weighted by atomic mass is 9.55. The predicted octanol–water partition coefficient (Wildman–Crippen LogP) is 5.79. The van der Waals surface area contributed by atoms with Crippen molar-refractivity contribution in [1.82, 2.24) is 9.80 Å². The van der Waals surface area contributed by atoms with Crippen molar-refractivity contribution in [2.24, 2.45) is 17.3 Å². The zero-order valence-corrected chi connectivity index (χ0v) is 21.4. The minimum atomic E-state index is 0.328. The number of benzene rings is 1. The molecule has 0 bridgehead atoms. The van der Waals surface area contributed by atoms with E-state index in [1.165, 1.54) is 64.5 Å². The summed E-state index contributed by atoms with van der Waals surface area (Å²) in [7, 11) is 0. The van der Waals surface area contributed by atoms with Crippen LogP contribution in [0.5, 0.6) is 5.75 Å². The van der Waals surface area contributed by atoms with E-state index in [4.69, 9.17) is 4.74 Å². The average molecular weight is 465 g/mol. The number of carbonyl (C=O) groups is 1. The van der Waals surface area contributed by atoms with Gasteiger partial charge in [0.05, 0.1) is 6.61 Å². The van der Waals surface area contributed by atoms with Crippen LogP contribution in [0.15, 0.2) is 18.2 Å². The van der Waals surface area contributed by atoms with Gasteiger partial charge in [-0.15, -0.1) is 0 Å². The van der Waals surface area contributed by atoms with Gasteiger partial charge in [-0.05, 0) is 124 Å². The zero-order chi connectivity index (χ0) is 23.3. The Morgan fingerprint density at radius 2 is 1.97 bits per heavy atom. The quantitative estimate of drug-likeness (QED) is 0.500. The summed E-state index contributed by atoms with van der Waals surface area (Å²) in [6.07, 6.45) is 13.3. The van der Waals surface area contributed by atoms with Gasteiger partial charge in [0.1, 0.15) is 5.75 Å². The molecule has 5 aliphatic rings. The maximum absolute atomic E-state index is 12.5. The number of nitrogens with zero attached hydrogens (tertiary/aromatic N) is 2. The van der Waals surface area contributed by atoms with E-state index in [2.05, 4.69) is 41.8 Å². The van der Waals surface area contributed by atoms with E-state index < -0.39 is 0 Å². The van der Waals surface area contributed by atoms with E-state index in [-0.39, 0.29) is 0 Å². The van der Waals surface area contributed by atoms with Crippen molar-refractivity contribution in [3.63, 3.8) is 0 Å². The van der Waals surface area contributed by atoms with Crippen LogP contribution in [0, 0.1) is 17.3 Å². The molecule has 4 nitrogen and oxygen atoms in total. The lowest BCUT2D eigenvalue weighted by molar-refractivity contribution is -0.133. The third-order valence-corrected chi connectivity index (χ3v) is 10.7. The van der Waals surface area contributed by atoms with Gasteiger partial charge in [0.25, 0.3) is 0 Å². The van der Waals surface area contributed by atoms with Crippen LogP contribution >= 0.6 is 0 Å². The lowest BCUT2D eigenvalue weighted by Crippen LogP contribution is -2.50. The molecule has 0 radical (unpaired) electrons. The number of hydrogen-bond acceptors (Lipinski definition) is 3. The number of amides is 1. The number of rotatable bonds is 6. The van der Waals surface area contributed by atoms with E-state index in [0.717, 1.165) is 56.0 Å². The predicted molar refractivity (Wildman–Crippen MR) is 136 cm³/mol. The van der Waals surface area contributed by atoms with Crippen LogP contribution in [0.2, 0.25) is 0 Å². The standard InChI is InChI=1S/C30H44N2O2/c1-21-6-3-16-31(21)17-5-19-34-23-9-11-24-22(20-23)8-10-26-25(24)14-15-30(2)27(26)12-13-28(30)32-18-4-7-29(32)33/h9,11,20-21,25-28H,3-8,10,12-19H2,1-2H3/t21-,25-,26-,27+,28+,30+/m1/s1. The van der Waals surface area contributed by atoms with Gasteiger partial charge in [-0.25, -0.2) is 0 Å². The zero-order valence-electron chi connectivity index (χ0n) is 21.4. The first-order valence-corrected chi connectivity index (χ1v) is 14.3. The molecule has 6 rings (SSSR count). The molecular formula is C30H44N2O2. The fourth-order valence-corrected chi connectivity index (χ4v) is 8.91. The molecule has 2 heterocycles. The SMILES string of the molecule is C[C@@H]1CCCN1CCCOc1ccc2c(c1)CC[C@@H]1[C@@H]2CC[C@]2(C)[C@@H](N3CCCC3=O)CC[C@@H]12. The second-order valence-electron chi connectivity index (χ2n) is 12.3. The maximum atomic E-state index is 12.5. The van der Waals surface area contributed by atoms with Crippen molar-refractivity contribution in [3.8, 4) is 5.75 Å². The molecule has 2 saturated heterocycles. The van der Waals surface area contributed by atoms with E-state index in [0.29, 0.717) is 23.3 Å². The molecular weight excluding hydrogens is 420 g/mol. The van der Waals surface area contributed by atoms with Gasteiger partial charge >= 0.3 is 0 Å². The summed E-state index contributed by atoms with van der Waals surface area (Å²) >= 11 is 0. The van der Waals surface area contributed by atoms with Crippen LogP contribution in [0.1, 0.15) is 95.1 Å². The van der Waals surface area contributed by atoms with Gasteiger partial charge in [-0.3, -0.25) is 4.79 Å². The summed E-state index contributed by atoms with van der Waals surface area (Å²) in [6.45, 7) is 9.15. The first kappa shape index (κ1) is 22.9. The largest absolute Gasteiger partial charge is 0.494 e. The molecule has 2 saturated carbocycles. The van der Waals surface area contributed by atoms with E-state index in [1.807, 2.05) is 0 Å². The second kappa shape index (κ2) is 9.15. The fraction of sp³-hybridized carbons (Fsp3) is 0.767. The van der Waals surface area contributed by atoms with Crippen LogP contribution in [0.4, 0.5) is 0 Å². The highest BCUT2D eigenvalue weighted by Gasteiger charge is 2.57. The van der Waals surface area contributed by atoms with E-state index in [9.17, 15) is 4.79 Å². The van der Waals surface area contributed by atoms with Gasteiger partial charge in [-0.2, -0.15) is 0 Å². The van der Waals surface area contributed by atoms with Crippen molar-refractivity contribution in [2.45, 2.75) is 102 Å². The maximum Gasteiger partial charge on any atom is 0.222 e. The third-order valence-electron chi connectivity index (χ3n) is 10.7. The van der Waals surface area contributed by atoms with Crippen LogP contribution in [0.25, 0.3) is 0 Å². The Bertz CT molecular complexity index is 915. The van der Waals surface area contributed by atoms with Crippen molar-refractivity contribution in [3.05, 3.63) is 29.3 Å². The molecule has 6 atom stereocenters. The third kappa shape index (κ3) is 3.88. The lowest BCUT2D eigenvalue weighted by Gasteiger charge is -2.52. The highest BCUT2D eigenvalue weighted by molar-refractivity contribution is 5.78. The van der Waals surface area contributed by atoms with E-state index >= 15 is 0 Å². The summed E-state index contributed by atoms with van der Waals surface area (Å²) in [5, 5.41) is 0. The monoisotopic (exact) mass is 464 g/mol. The first-order chi connectivity index (χ1) is 16.5. The second-order valence-corrected chi connectivity index (χ2v) is 12.3. The number of carbonyl (C=O) groups excluding carboxylic acids is 1. The topological polar surface area (TPSA) is 32.8 Å². The molecule has 4 fully saturated rings. The van der Waals surface area contributed by atoms with Crippen LogP contribution < -0.4 is 4.74 Å². The smallest absolute Gasteiger partial charge is 0.222 e. The summed E-state index contributed by atoms with van der Waals surface area (Å²) in [6, 6.07) is 8.25. The minimum absolute atomic E-state index is 0.328. The molecule has 186 valence electrons. The van der Waals surface area contributed by atoms with Gasteiger partial charge < -0.3 is 14.5 Å². The molecule has 0 spiro atoms. The highest BCUT2D eigenvalue weighted by atomic mass is 16.5. The summed E-state index contributed by atoms with van der Waals surface area (Å²) in [5.74, 6) is 3.77. The molecule has 1 amide bonds. The van der Waals surface area contributed by atoms with Crippen LogP contribution in [-0.2, 0) is 11.2 Å². The highest BCUT2D eigenvalue weighted by Crippen LogP contribution is 2.62. The number of likely N-dealkylation sites (tertiary alicyclic amines) is 2. The number of hydrogen-bond donors (Lipinski definition) is 0. The van der Waals surface area contributed by atoms with Crippen LogP contribution in [0.3, 0.4) is 0 Å². The average Bonchev–Trinajstić information content (AvgIpc) is 3.54. The van der Waals surface area contributed by atoms with E-state index in [1.54, 1.807) is 11.1 Å². The van der Waals surface area contributed by atoms with Gasteiger partial charge in [-0.1, -0.05) is 13.0 Å². The van der Waals surface area contributed by atoms with Crippen LogP contribution in [-0.4, -0.2) is 54.0 Å². The molecule has 2 aliphatic heterocycles. The van der Waals surface area contributed by atoms with Gasteiger partial charge in [0, 0.05) is 31.6 Å². The molecule has 1 aromatic rings. The van der Waals surface area contributed by atoms with Crippen molar-refractivity contribution >= 4 is 5.91 Å². The molecule has 3 aliphatic carbocycles. The minimum Gasteiger partial charge on any atom is -0.494 e. The van der Waals surface area contributed by atoms with Crippen molar-refractivity contribution < 1.29 is 9.53 Å². The van der Waals surface area contributed by atoms with Gasteiger partial charge in [0.2, 0.25) is 5.91 Å². The Balaban J connectivity index is 1.10. The molecule has 0 unspecified atom stereocenters. The number of fused-ring (bicyclic) bond motifs is 5. The normalized spacial score (nSPS) is 37.5. The Morgan fingerprint density at radius 3 is 2.76 bits per heavy atom. The number of ether oxygens (including phenoxy) is 1. The molecule has 34 heavy (non-hydrogen) atoms. The molecule has 0 aromatic heterocycles. The summed E-state index contributed by atoms with van der Waals surface area (Å²) < 4.78 is 6.21.